The van der Waals surface area contributed by atoms with Crippen molar-refractivity contribution in [2.45, 2.75) is 6.42 Å². The molecule has 0 saturated carbocycles. The van der Waals surface area contributed by atoms with Gasteiger partial charge in [-0.1, -0.05) is 18.2 Å². The van der Waals surface area contributed by atoms with Crippen LogP contribution in [0, 0.1) is 17.2 Å². The molecule has 2 N–H and O–H groups in total. The summed E-state index contributed by atoms with van der Waals surface area (Å²) in [6.45, 7) is 0.638. The molecule has 104 valence electrons. The van der Waals surface area contributed by atoms with Gasteiger partial charge in [-0.25, -0.2) is 0 Å². The Morgan fingerprint density at radius 3 is 2.71 bits per heavy atom. The van der Waals surface area contributed by atoms with Gasteiger partial charge in [0.05, 0.1) is 17.6 Å². The van der Waals surface area contributed by atoms with E-state index in [0.29, 0.717) is 12.1 Å². The Morgan fingerprint density at radius 2 is 1.95 bits per heavy atom. The van der Waals surface area contributed by atoms with Gasteiger partial charge in [-0.05, 0) is 42.3 Å². The fourth-order valence-corrected chi connectivity index (χ4v) is 2.50. The lowest BCUT2D eigenvalue weighted by molar-refractivity contribution is -0.119. The second-order valence-corrected chi connectivity index (χ2v) is 5.12. The molecule has 4 heteroatoms. The lowest BCUT2D eigenvalue weighted by Gasteiger charge is -2.25. The van der Waals surface area contributed by atoms with Crippen molar-refractivity contribution in [3.05, 3.63) is 59.7 Å². The van der Waals surface area contributed by atoms with Crippen LogP contribution in [0.3, 0.4) is 0 Å². The molecule has 1 amide bonds. The number of anilines is 2. The molecule has 0 bridgehead atoms. The zero-order valence-electron chi connectivity index (χ0n) is 11.5. The van der Waals surface area contributed by atoms with E-state index in [4.69, 9.17) is 5.26 Å². The number of nitriles is 1. The number of hydrogen-bond acceptors (Lipinski definition) is 3. The molecule has 0 aliphatic carbocycles. The smallest absolute Gasteiger partial charge is 0.229 e. The van der Waals surface area contributed by atoms with Gasteiger partial charge in [0.2, 0.25) is 5.91 Å². The Morgan fingerprint density at radius 1 is 1.19 bits per heavy atom. The summed E-state index contributed by atoms with van der Waals surface area (Å²) in [5, 5.41) is 15.0. The van der Waals surface area contributed by atoms with Crippen LogP contribution in [0.25, 0.3) is 0 Å². The Hall–Kier alpha value is -2.80. The van der Waals surface area contributed by atoms with Crippen molar-refractivity contribution in [1.82, 2.24) is 0 Å². The molecule has 4 nitrogen and oxygen atoms in total. The summed E-state index contributed by atoms with van der Waals surface area (Å²) in [4.78, 5) is 12.3. The third-order valence-corrected chi connectivity index (χ3v) is 3.67. The molecule has 1 aliphatic rings. The van der Waals surface area contributed by atoms with Crippen LogP contribution in [0.2, 0.25) is 0 Å². The van der Waals surface area contributed by atoms with Crippen LogP contribution >= 0.6 is 0 Å². The zero-order valence-corrected chi connectivity index (χ0v) is 11.5. The summed E-state index contributed by atoms with van der Waals surface area (Å²) in [5.74, 6) is -0.0859. The van der Waals surface area contributed by atoms with Gasteiger partial charge in [-0.2, -0.15) is 5.26 Å². The second kappa shape index (κ2) is 5.68. The molecule has 2 aromatic carbocycles. The van der Waals surface area contributed by atoms with Gasteiger partial charge in [0.15, 0.2) is 0 Å². The number of nitrogens with one attached hydrogen (secondary N) is 2. The highest BCUT2D eigenvalue weighted by Crippen LogP contribution is 2.25. The molecule has 0 aromatic heterocycles. The lowest BCUT2D eigenvalue weighted by Crippen LogP contribution is -2.33. The van der Waals surface area contributed by atoms with Crippen molar-refractivity contribution in [1.29, 1.82) is 5.26 Å². The summed E-state index contributed by atoms with van der Waals surface area (Å²) in [6.07, 6.45) is 0.741. The Bertz CT molecular complexity index is 701. The maximum Gasteiger partial charge on any atom is 0.229 e. The average molecular weight is 277 g/mol. The number of carbonyl (C=O) groups is 1. The maximum absolute atomic E-state index is 12.3. The quantitative estimate of drug-likeness (QED) is 0.887. The van der Waals surface area contributed by atoms with Crippen LogP contribution in [0.4, 0.5) is 11.4 Å². The molecule has 0 spiro atoms. The highest BCUT2D eigenvalue weighted by molar-refractivity contribution is 5.93. The van der Waals surface area contributed by atoms with Crippen LogP contribution in [-0.2, 0) is 11.2 Å². The van der Waals surface area contributed by atoms with Crippen molar-refractivity contribution < 1.29 is 4.79 Å². The van der Waals surface area contributed by atoms with Gasteiger partial charge in [0.1, 0.15) is 0 Å². The van der Waals surface area contributed by atoms with E-state index in [1.165, 1.54) is 5.56 Å². The minimum atomic E-state index is -0.0875. The molecule has 1 unspecified atom stereocenters. The van der Waals surface area contributed by atoms with Crippen molar-refractivity contribution in [3.8, 4) is 6.07 Å². The third kappa shape index (κ3) is 2.87. The van der Waals surface area contributed by atoms with E-state index < -0.39 is 0 Å². The molecule has 2 aromatic rings. The van der Waals surface area contributed by atoms with Crippen LogP contribution < -0.4 is 10.6 Å². The molecule has 3 rings (SSSR count). The fourth-order valence-electron chi connectivity index (χ4n) is 2.50. The van der Waals surface area contributed by atoms with Crippen molar-refractivity contribution >= 4 is 17.3 Å². The van der Waals surface area contributed by atoms with E-state index in [0.717, 1.165) is 17.8 Å². The number of hydrogen-bond donors (Lipinski definition) is 2. The van der Waals surface area contributed by atoms with Crippen LogP contribution in [0.1, 0.15) is 11.1 Å². The molecule has 0 radical (unpaired) electrons. The Kier molecular flexibility index (Phi) is 3.57. The highest BCUT2D eigenvalue weighted by Gasteiger charge is 2.24. The number of benzene rings is 2. The number of rotatable bonds is 2. The van der Waals surface area contributed by atoms with Crippen molar-refractivity contribution in [2.75, 3.05) is 17.2 Å². The predicted octanol–water partition coefficient (Wildman–Crippen LogP) is 2.78. The first-order valence-electron chi connectivity index (χ1n) is 6.89. The first-order valence-corrected chi connectivity index (χ1v) is 6.89. The van der Waals surface area contributed by atoms with E-state index in [1.54, 1.807) is 24.3 Å². The SMILES string of the molecule is N#Cc1ccc(NC(=O)C2CNc3ccccc3C2)cc1. The molecule has 1 atom stereocenters. The fraction of sp³-hybridized carbons (Fsp3) is 0.176. The summed E-state index contributed by atoms with van der Waals surface area (Å²) in [5.41, 5.74) is 3.59. The normalized spacial score (nSPS) is 16.2. The Balaban J connectivity index is 1.68. The molecular weight excluding hydrogens is 262 g/mol. The van der Waals surface area contributed by atoms with Crippen molar-refractivity contribution in [2.24, 2.45) is 5.92 Å². The lowest BCUT2D eigenvalue weighted by atomic mass is 9.93. The van der Waals surface area contributed by atoms with E-state index in [1.807, 2.05) is 24.3 Å². The second-order valence-electron chi connectivity index (χ2n) is 5.12. The van der Waals surface area contributed by atoms with Gasteiger partial charge >= 0.3 is 0 Å². The zero-order chi connectivity index (χ0) is 14.7. The maximum atomic E-state index is 12.3. The van der Waals surface area contributed by atoms with Crippen LogP contribution in [0.15, 0.2) is 48.5 Å². The monoisotopic (exact) mass is 277 g/mol. The van der Waals surface area contributed by atoms with Crippen LogP contribution in [0.5, 0.6) is 0 Å². The summed E-state index contributed by atoms with van der Waals surface area (Å²) >= 11 is 0. The van der Waals surface area contributed by atoms with E-state index >= 15 is 0 Å². The highest BCUT2D eigenvalue weighted by atomic mass is 16.1. The number of nitrogens with zero attached hydrogens (tertiary/aromatic N) is 1. The molecule has 1 aliphatic heterocycles. The first-order chi connectivity index (χ1) is 10.3. The third-order valence-electron chi connectivity index (χ3n) is 3.67. The topological polar surface area (TPSA) is 64.9 Å². The van der Waals surface area contributed by atoms with E-state index in [9.17, 15) is 4.79 Å². The molecule has 1 heterocycles. The van der Waals surface area contributed by atoms with Gasteiger partial charge in [0.25, 0.3) is 0 Å². The molecule has 0 saturated heterocycles. The largest absolute Gasteiger partial charge is 0.384 e. The Labute approximate surface area is 123 Å². The minimum absolute atomic E-state index is 0.00158. The molecule has 0 fully saturated rings. The molecule has 21 heavy (non-hydrogen) atoms. The van der Waals surface area contributed by atoms with E-state index in [-0.39, 0.29) is 11.8 Å². The van der Waals surface area contributed by atoms with E-state index in [2.05, 4.69) is 16.7 Å². The standard InChI is InChI=1S/C17H15N3O/c18-10-12-5-7-15(8-6-12)20-17(21)14-9-13-3-1-2-4-16(13)19-11-14/h1-8,14,19H,9,11H2,(H,20,21). The summed E-state index contributed by atoms with van der Waals surface area (Å²) in [7, 11) is 0. The van der Waals surface area contributed by atoms with Gasteiger partial charge in [0, 0.05) is 17.9 Å². The number of fused-ring (bicyclic) bond motifs is 1. The van der Waals surface area contributed by atoms with Gasteiger partial charge in [-0.3, -0.25) is 4.79 Å². The number of para-hydroxylation sites is 1. The van der Waals surface area contributed by atoms with Gasteiger partial charge in [-0.15, -0.1) is 0 Å². The number of amides is 1. The van der Waals surface area contributed by atoms with Gasteiger partial charge < -0.3 is 10.6 Å². The predicted molar refractivity (Wildman–Crippen MR) is 81.9 cm³/mol. The molecular formula is C17H15N3O. The van der Waals surface area contributed by atoms with Crippen molar-refractivity contribution in [3.63, 3.8) is 0 Å². The first kappa shape index (κ1) is 13.2. The summed E-state index contributed by atoms with van der Waals surface area (Å²) in [6, 6.07) is 17.0. The van der Waals surface area contributed by atoms with Crippen LogP contribution in [-0.4, -0.2) is 12.5 Å². The number of carbonyl (C=O) groups excluding carboxylic acids is 1. The minimum Gasteiger partial charge on any atom is -0.384 e. The average Bonchev–Trinajstić information content (AvgIpc) is 2.55. The summed E-state index contributed by atoms with van der Waals surface area (Å²) < 4.78 is 0.